The zero-order valence-electron chi connectivity index (χ0n) is 10.9. The number of likely N-dealkylation sites (tertiary alicyclic amines) is 1. The molecule has 1 heterocycles. The van der Waals surface area contributed by atoms with Crippen LogP contribution in [0.1, 0.15) is 46.0 Å². The van der Waals surface area contributed by atoms with Gasteiger partial charge < -0.3 is 10.1 Å². The maximum absolute atomic E-state index is 11.8. The molecule has 0 aromatic heterocycles. The van der Waals surface area contributed by atoms with Gasteiger partial charge in [0.1, 0.15) is 6.29 Å². The Labute approximate surface area is 104 Å². The molecule has 0 aliphatic carbocycles. The van der Waals surface area contributed by atoms with E-state index in [-0.39, 0.29) is 18.0 Å². The molecule has 1 amide bonds. The molecule has 0 radical (unpaired) electrons. The van der Waals surface area contributed by atoms with Crippen molar-refractivity contribution in [2.75, 3.05) is 13.1 Å². The Balaban J connectivity index is 2.35. The third-order valence-corrected chi connectivity index (χ3v) is 3.30. The van der Waals surface area contributed by atoms with Gasteiger partial charge in [-0.15, -0.1) is 0 Å². The summed E-state index contributed by atoms with van der Waals surface area (Å²) < 4.78 is 0. The molecule has 98 valence electrons. The van der Waals surface area contributed by atoms with Gasteiger partial charge in [0.15, 0.2) is 0 Å². The van der Waals surface area contributed by atoms with E-state index in [0.29, 0.717) is 6.54 Å². The number of aldehydes is 1. The van der Waals surface area contributed by atoms with Gasteiger partial charge in [0.05, 0.1) is 12.6 Å². The summed E-state index contributed by atoms with van der Waals surface area (Å²) in [7, 11) is 0. The number of amides is 1. The van der Waals surface area contributed by atoms with Crippen LogP contribution >= 0.6 is 0 Å². The maximum atomic E-state index is 11.8. The van der Waals surface area contributed by atoms with E-state index in [1.54, 1.807) is 0 Å². The first-order valence-corrected chi connectivity index (χ1v) is 6.66. The van der Waals surface area contributed by atoms with Gasteiger partial charge in [-0.2, -0.15) is 0 Å². The molecule has 1 saturated heterocycles. The summed E-state index contributed by atoms with van der Waals surface area (Å²) >= 11 is 0. The minimum absolute atomic E-state index is 0.0414. The van der Waals surface area contributed by atoms with Crippen LogP contribution < -0.4 is 5.32 Å². The first-order chi connectivity index (χ1) is 8.17. The number of hydrogen-bond acceptors (Lipinski definition) is 3. The zero-order valence-corrected chi connectivity index (χ0v) is 10.9. The summed E-state index contributed by atoms with van der Waals surface area (Å²) in [6, 6.07) is 0.169. The lowest BCUT2D eigenvalue weighted by atomic mass is 10.0. The Morgan fingerprint density at radius 2 is 2.29 bits per heavy atom. The van der Waals surface area contributed by atoms with Crippen LogP contribution in [-0.2, 0) is 9.59 Å². The minimum atomic E-state index is -0.0593. The number of carbonyl (C=O) groups excluding carboxylic acids is 2. The van der Waals surface area contributed by atoms with Gasteiger partial charge in [-0.3, -0.25) is 9.69 Å². The van der Waals surface area contributed by atoms with Gasteiger partial charge in [0, 0.05) is 6.04 Å². The predicted octanol–water partition coefficient (Wildman–Crippen LogP) is 1.34. The van der Waals surface area contributed by atoms with E-state index in [1.165, 1.54) is 0 Å². The molecule has 0 aromatic carbocycles. The highest BCUT2D eigenvalue weighted by Gasteiger charge is 2.23. The van der Waals surface area contributed by atoms with E-state index in [4.69, 9.17) is 0 Å². The lowest BCUT2D eigenvalue weighted by molar-refractivity contribution is -0.124. The summed E-state index contributed by atoms with van der Waals surface area (Å²) in [5.41, 5.74) is 0. The van der Waals surface area contributed by atoms with E-state index in [9.17, 15) is 9.59 Å². The number of hydrogen-bond donors (Lipinski definition) is 1. The van der Waals surface area contributed by atoms with Crippen molar-refractivity contribution in [2.45, 2.75) is 58.0 Å². The second-order valence-electron chi connectivity index (χ2n) is 4.93. The fourth-order valence-electron chi connectivity index (χ4n) is 2.38. The third-order valence-electron chi connectivity index (χ3n) is 3.30. The molecule has 1 fully saturated rings. The molecule has 0 saturated carbocycles. The Morgan fingerprint density at radius 1 is 1.53 bits per heavy atom. The van der Waals surface area contributed by atoms with Crippen LogP contribution in [0.3, 0.4) is 0 Å². The maximum Gasteiger partial charge on any atom is 0.234 e. The van der Waals surface area contributed by atoms with Crippen LogP contribution in [0.25, 0.3) is 0 Å². The van der Waals surface area contributed by atoms with Gasteiger partial charge in [-0.1, -0.05) is 19.8 Å². The van der Waals surface area contributed by atoms with Gasteiger partial charge in [-0.05, 0) is 32.7 Å². The highest BCUT2D eigenvalue weighted by atomic mass is 16.2. The van der Waals surface area contributed by atoms with Gasteiger partial charge in [-0.25, -0.2) is 0 Å². The van der Waals surface area contributed by atoms with E-state index < -0.39 is 0 Å². The third kappa shape index (κ3) is 4.86. The van der Waals surface area contributed by atoms with E-state index in [1.807, 2.05) is 11.8 Å². The minimum Gasteiger partial charge on any atom is -0.353 e. The molecule has 4 heteroatoms. The Kier molecular flexibility index (Phi) is 6.19. The zero-order chi connectivity index (χ0) is 12.7. The van der Waals surface area contributed by atoms with E-state index >= 15 is 0 Å². The Hall–Kier alpha value is -0.900. The van der Waals surface area contributed by atoms with E-state index in [0.717, 1.165) is 44.9 Å². The summed E-state index contributed by atoms with van der Waals surface area (Å²) in [5.74, 6) is 0.0414. The Morgan fingerprint density at radius 3 is 2.94 bits per heavy atom. The molecule has 0 spiro atoms. The van der Waals surface area contributed by atoms with Gasteiger partial charge in [0.2, 0.25) is 5.91 Å². The predicted molar refractivity (Wildman–Crippen MR) is 67.8 cm³/mol. The molecular weight excluding hydrogens is 216 g/mol. The second-order valence-corrected chi connectivity index (χ2v) is 4.93. The van der Waals surface area contributed by atoms with Crippen LogP contribution in [0.2, 0.25) is 0 Å². The molecule has 1 aliphatic rings. The monoisotopic (exact) mass is 240 g/mol. The lowest BCUT2D eigenvalue weighted by Crippen LogP contribution is -2.47. The van der Waals surface area contributed by atoms with E-state index in [2.05, 4.69) is 12.2 Å². The van der Waals surface area contributed by atoms with Crippen molar-refractivity contribution in [3.05, 3.63) is 0 Å². The standard InChI is InChI=1S/C13H24N2O2/c1-3-6-11(2)14-13(17)9-15-8-5-4-7-12(15)10-16/h10-12H,3-9H2,1-2H3,(H,14,17). The normalized spacial score (nSPS) is 23.1. The molecule has 1 N–H and O–H groups in total. The average molecular weight is 240 g/mol. The van der Waals surface area contributed by atoms with Crippen molar-refractivity contribution in [3.63, 3.8) is 0 Å². The summed E-state index contributed by atoms with van der Waals surface area (Å²) in [4.78, 5) is 24.7. The van der Waals surface area contributed by atoms with Crippen molar-refractivity contribution >= 4 is 12.2 Å². The van der Waals surface area contributed by atoms with Gasteiger partial charge >= 0.3 is 0 Å². The number of rotatable bonds is 6. The molecule has 2 unspecified atom stereocenters. The lowest BCUT2D eigenvalue weighted by Gasteiger charge is -2.31. The molecular formula is C13H24N2O2. The summed E-state index contributed by atoms with van der Waals surface area (Å²) in [5, 5.41) is 2.98. The Bertz CT molecular complexity index is 256. The van der Waals surface area contributed by atoms with Crippen molar-refractivity contribution in [3.8, 4) is 0 Å². The first-order valence-electron chi connectivity index (χ1n) is 6.66. The molecule has 2 atom stereocenters. The fourth-order valence-corrected chi connectivity index (χ4v) is 2.38. The van der Waals surface area contributed by atoms with Crippen LogP contribution in [-0.4, -0.2) is 42.3 Å². The SMILES string of the molecule is CCCC(C)NC(=O)CN1CCCCC1C=O. The average Bonchev–Trinajstić information content (AvgIpc) is 2.29. The molecule has 0 aromatic rings. The molecule has 17 heavy (non-hydrogen) atoms. The molecule has 1 rings (SSSR count). The van der Waals surface area contributed by atoms with Crippen molar-refractivity contribution in [2.24, 2.45) is 0 Å². The smallest absolute Gasteiger partial charge is 0.234 e. The molecule has 4 nitrogen and oxygen atoms in total. The van der Waals surface area contributed by atoms with Crippen molar-refractivity contribution in [1.29, 1.82) is 0 Å². The van der Waals surface area contributed by atoms with Crippen molar-refractivity contribution < 1.29 is 9.59 Å². The largest absolute Gasteiger partial charge is 0.353 e. The second kappa shape index (κ2) is 7.43. The van der Waals surface area contributed by atoms with Crippen LogP contribution in [0, 0.1) is 0 Å². The number of nitrogens with zero attached hydrogens (tertiary/aromatic N) is 1. The number of piperidine rings is 1. The van der Waals surface area contributed by atoms with Crippen LogP contribution in [0.15, 0.2) is 0 Å². The van der Waals surface area contributed by atoms with Crippen LogP contribution in [0.4, 0.5) is 0 Å². The van der Waals surface area contributed by atoms with Gasteiger partial charge in [0.25, 0.3) is 0 Å². The highest BCUT2D eigenvalue weighted by Crippen LogP contribution is 2.14. The van der Waals surface area contributed by atoms with Crippen LogP contribution in [0.5, 0.6) is 0 Å². The topological polar surface area (TPSA) is 49.4 Å². The van der Waals surface area contributed by atoms with Crippen molar-refractivity contribution in [1.82, 2.24) is 10.2 Å². The molecule has 1 aliphatic heterocycles. The summed E-state index contributed by atoms with van der Waals surface area (Å²) in [6.45, 7) is 5.35. The molecule has 0 bridgehead atoms. The number of nitrogens with one attached hydrogen (secondary N) is 1. The first kappa shape index (κ1) is 14.2. The summed E-state index contributed by atoms with van der Waals surface area (Å²) in [6.07, 6.45) is 6.12. The highest BCUT2D eigenvalue weighted by molar-refractivity contribution is 5.78. The number of carbonyl (C=O) groups is 2. The fraction of sp³-hybridized carbons (Fsp3) is 0.846. The quantitative estimate of drug-likeness (QED) is 0.713.